The Morgan fingerprint density at radius 2 is 1.78 bits per heavy atom. The zero-order valence-electron chi connectivity index (χ0n) is 21.0. The van der Waals surface area contributed by atoms with E-state index in [1.165, 1.54) is 17.0 Å². The van der Waals surface area contributed by atoms with Crippen LogP contribution in [0.25, 0.3) is 0 Å². The Kier molecular flexibility index (Phi) is 8.10. The molecule has 196 valence electrons. The SMILES string of the molecule is Cc1cccc(NC(=O)Nc2ccc(Cl)c(S(=O)(=O)[C@H]3CCCN(C(=O)OC(C)(C)C)C3)c2O)c1C. The Bertz CT molecular complexity index is 1270. The van der Waals surface area contributed by atoms with Gasteiger partial charge in [0.2, 0.25) is 0 Å². The second kappa shape index (κ2) is 10.6. The predicted molar refractivity (Wildman–Crippen MR) is 140 cm³/mol. The molecule has 2 aromatic carbocycles. The number of sulfone groups is 1. The Hall–Kier alpha value is -2.98. The number of urea groups is 1. The van der Waals surface area contributed by atoms with E-state index < -0.39 is 43.5 Å². The Morgan fingerprint density at radius 3 is 2.44 bits per heavy atom. The number of halogens is 1. The number of phenolic OH excluding ortho intramolecular Hbond substituents is 1. The zero-order valence-corrected chi connectivity index (χ0v) is 22.6. The number of hydrogen-bond acceptors (Lipinski definition) is 6. The van der Waals surface area contributed by atoms with Crippen molar-refractivity contribution in [2.24, 2.45) is 0 Å². The smallest absolute Gasteiger partial charge is 0.410 e. The molecule has 1 aliphatic heterocycles. The summed E-state index contributed by atoms with van der Waals surface area (Å²) in [6, 6.07) is 7.42. The Balaban J connectivity index is 1.83. The number of nitrogens with one attached hydrogen (secondary N) is 2. The third-order valence-corrected chi connectivity index (χ3v) is 8.61. The lowest BCUT2D eigenvalue weighted by molar-refractivity contribution is 0.0219. The standard InChI is InChI=1S/C25H32ClN3O6S/c1-15-8-6-10-19(16(15)2)27-23(31)28-20-12-11-18(26)22(21(20)30)36(33,34)17-9-7-13-29(14-17)24(32)35-25(3,4)5/h6,8,10-12,17,30H,7,9,13-14H2,1-5H3,(H2,27,28,31)/t17-/m0/s1. The number of ether oxygens (including phenoxy) is 1. The highest BCUT2D eigenvalue weighted by molar-refractivity contribution is 7.92. The van der Waals surface area contributed by atoms with Crippen molar-refractivity contribution < 1.29 is 27.9 Å². The van der Waals surface area contributed by atoms with Gasteiger partial charge in [-0.25, -0.2) is 18.0 Å². The van der Waals surface area contributed by atoms with Crippen molar-refractivity contribution in [3.8, 4) is 5.75 Å². The molecule has 36 heavy (non-hydrogen) atoms. The number of aryl methyl sites for hydroxylation is 1. The summed E-state index contributed by atoms with van der Waals surface area (Å²) in [6.07, 6.45) is 0.121. The van der Waals surface area contributed by atoms with E-state index in [1.807, 2.05) is 19.9 Å². The molecule has 1 saturated heterocycles. The zero-order chi connectivity index (χ0) is 26.8. The van der Waals surface area contributed by atoms with Crippen molar-refractivity contribution in [3.05, 3.63) is 46.5 Å². The summed E-state index contributed by atoms with van der Waals surface area (Å²) >= 11 is 6.22. The molecule has 3 amide bonds. The molecular weight excluding hydrogens is 506 g/mol. The van der Waals surface area contributed by atoms with E-state index in [9.17, 15) is 23.1 Å². The van der Waals surface area contributed by atoms with Gasteiger partial charge in [0.25, 0.3) is 0 Å². The summed E-state index contributed by atoms with van der Waals surface area (Å²) in [5.74, 6) is -0.659. The van der Waals surface area contributed by atoms with Gasteiger partial charge in [0.05, 0.1) is 16.0 Å². The summed E-state index contributed by atoms with van der Waals surface area (Å²) in [5.41, 5.74) is 1.62. The van der Waals surface area contributed by atoms with Gasteiger partial charge in [-0.1, -0.05) is 23.7 Å². The minimum Gasteiger partial charge on any atom is -0.504 e. The number of nitrogens with zero attached hydrogens (tertiary/aromatic N) is 1. The van der Waals surface area contributed by atoms with E-state index >= 15 is 0 Å². The van der Waals surface area contributed by atoms with Gasteiger partial charge in [0.15, 0.2) is 15.6 Å². The van der Waals surface area contributed by atoms with Crippen LogP contribution in [0.2, 0.25) is 5.02 Å². The van der Waals surface area contributed by atoms with Gasteiger partial charge in [-0.2, -0.15) is 0 Å². The van der Waals surface area contributed by atoms with E-state index in [-0.39, 0.29) is 23.7 Å². The lowest BCUT2D eigenvalue weighted by Gasteiger charge is -2.34. The average Bonchev–Trinajstić information content (AvgIpc) is 2.78. The number of carbonyl (C=O) groups excluding carboxylic acids is 2. The molecule has 0 bridgehead atoms. The summed E-state index contributed by atoms with van der Waals surface area (Å²) in [4.78, 5) is 26.0. The number of anilines is 2. The van der Waals surface area contributed by atoms with Crippen LogP contribution in [0.5, 0.6) is 5.75 Å². The quantitative estimate of drug-likeness (QED) is 0.443. The molecule has 0 aromatic heterocycles. The maximum absolute atomic E-state index is 13.5. The van der Waals surface area contributed by atoms with Crippen LogP contribution < -0.4 is 10.6 Å². The van der Waals surface area contributed by atoms with Crippen LogP contribution in [0.4, 0.5) is 21.0 Å². The molecule has 1 atom stereocenters. The Labute approximate surface area is 216 Å². The third-order valence-electron chi connectivity index (χ3n) is 5.94. The van der Waals surface area contributed by atoms with Crippen molar-refractivity contribution >= 4 is 44.9 Å². The second-order valence-electron chi connectivity index (χ2n) is 9.83. The Morgan fingerprint density at radius 1 is 1.11 bits per heavy atom. The normalized spacial score (nSPS) is 16.4. The van der Waals surface area contributed by atoms with Crippen molar-refractivity contribution in [1.82, 2.24) is 4.90 Å². The first kappa shape index (κ1) is 27.6. The third kappa shape index (κ3) is 6.22. The van der Waals surface area contributed by atoms with Gasteiger partial charge in [0.1, 0.15) is 10.5 Å². The number of rotatable bonds is 4. The van der Waals surface area contributed by atoms with Crippen LogP contribution in [0.3, 0.4) is 0 Å². The number of benzene rings is 2. The van der Waals surface area contributed by atoms with Crippen LogP contribution in [-0.4, -0.2) is 54.5 Å². The van der Waals surface area contributed by atoms with Crippen LogP contribution in [0.1, 0.15) is 44.7 Å². The lowest BCUT2D eigenvalue weighted by atomic mass is 10.1. The highest BCUT2D eigenvalue weighted by Crippen LogP contribution is 2.40. The number of piperidine rings is 1. The summed E-state index contributed by atoms with van der Waals surface area (Å²) < 4.78 is 32.5. The van der Waals surface area contributed by atoms with Gasteiger partial charge in [0, 0.05) is 18.8 Å². The fourth-order valence-electron chi connectivity index (χ4n) is 3.93. The summed E-state index contributed by atoms with van der Waals surface area (Å²) in [5, 5.41) is 14.9. The molecule has 3 rings (SSSR count). The number of amides is 3. The monoisotopic (exact) mass is 537 g/mol. The molecule has 1 aliphatic rings. The molecule has 0 radical (unpaired) electrons. The van der Waals surface area contributed by atoms with E-state index in [1.54, 1.807) is 32.9 Å². The predicted octanol–water partition coefficient (Wildman–Crippen LogP) is 5.48. The number of aromatic hydroxyl groups is 1. The first-order chi connectivity index (χ1) is 16.7. The topological polar surface area (TPSA) is 125 Å². The summed E-state index contributed by atoms with van der Waals surface area (Å²) in [6.45, 7) is 9.23. The first-order valence-corrected chi connectivity index (χ1v) is 13.5. The van der Waals surface area contributed by atoms with Gasteiger partial charge in [-0.3, -0.25) is 0 Å². The molecule has 1 fully saturated rings. The number of hydrogen-bond donors (Lipinski definition) is 3. The van der Waals surface area contributed by atoms with E-state index in [0.29, 0.717) is 18.7 Å². The van der Waals surface area contributed by atoms with Crippen LogP contribution >= 0.6 is 11.6 Å². The van der Waals surface area contributed by atoms with Crippen LogP contribution in [0.15, 0.2) is 35.2 Å². The van der Waals surface area contributed by atoms with Crippen molar-refractivity contribution in [3.63, 3.8) is 0 Å². The largest absolute Gasteiger partial charge is 0.504 e. The van der Waals surface area contributed by atoms with Gasteiger partial charge >= 0.3 is 12.1 Å². The first-order valence-electron chi connectivity index (χ1n) is 11.6. The number of likely N-dealkylation sites (tertiary alicyclic amines) is 1. The molecule has 2 aromatic rings. The van der Waals surface area contributed by atoms with Gasteiger partial charge in [-0.05, 0) is 76.8 Å². The summed E-state index contributed by atoms with van der Waals surface area (Å²) in [7, 11) is -4.17. The maximum Gasteiger partial charge on any atom is 0.410 e. The molecular formula is C25H32ClN3O6S. The second-order valence-corrected chi connectivity index (χ2v) is 12.4. The molecule has 0 spiro atoms. The van der Waals surface area contributed by atoms with Gasteiger partial charge in [-0.15, -0.1) is 0 Å². The van der Waals surface area contributed by atoms with Crippen LogP contribution in [-0.2, 0) is 14.6 Å². The van der Waals surface area contributed by atoms with Crippen molar-refractivity contribution in [2.45, 2.75) is 63.2 Å². The molecule has 9 nitrogen and oxygen atoms in total. The van der Waals surface area contributed by atoms with E-state index in [0.717, 1.165) is 11.1 Å². The van der Waals surface area contributed by atoms with Crippen LogP contribution in [0, 0.1) is 13.8 Å². The molecule has 0 unspecified atom stereocenters. The fraction of sp³-hybridized carbons (Fsp3) is 0.440. The maximum atomic E-state index is 13.5. The average molecular weight is 538 g/mol. The van der Waals surface area contributed by atoms with E-state index in [2.05, 4.69) is 10.6 Å². The molecule has 0 aliphatic carbocycles. The lowest BCUT2D eigenvalue weighted by Crippen LogP contribution is -2.47. The van der Waals surface area contributed by atoms with Crippen molar-refractivity contribution in [1.29, 1.82) is 0 Å². The molecule has 11 heteroatoms. The molecule has 0 saturated carbocycles. The number of phenols is 1. The van der Waals surface area contributed by atoms with Gasteiger partial charge < -0.3 is 25.4 Å². The number of carbonyl (C=O) groups is 2. The van der Waals surface area contributed by atoms with Crippen molar-refractivity contribution in [2.75, 3.05) is 23.7 Å². The highest BCUT2D eigenvalue weighted by atomic mass is 35.5. The van der Waals surface area contributed by atoms with E-state index in [4.69, 9.17) is 16.3 Å². The molecule has 3 N–H and O–H groups in total. The minimum atomic E-state index is -4.17. The minimum absolute atomic E-state index is 0.0994. The highest BCUT2D eigenvalue weighted by Gasteiger charge is 2.38. The fourth-order valence-corrected chi connectivity index (χ4v) is 6.31. The molecule has 1 heterocycles.